The first-order valence-corrected chi connectivity index (χ1v) is 5.76. The summed E-state index contributed by atoms with van der Waals surface area (Å²) in [5, 5.41) is 28.7. The highest BCUT2D eigenvalue weighted by atomic mass is 16.5. The third kappa shape index (κ3) is 2.29. The van der Waals surface area contributed by atoms with Gasteiger partial charge < -0.3 is 4.74 Å². The van der Waals surface area contributed by atoms with E-state index in [1.165, 1.54) is 0 Å². The minimum Gasteiger partial charge on any atom is -0.497 e. The molecule has 94 valence electrons. The summed E-state index contributed by atoms with van der Waals surface area (Å²) in [4.78, 5) is 0. The summed E-state index contributed by atoms with van der Waals surface area (Å²) in [5.74, 6) is 0.746. The third-order valence-electron chi connectivity index (χ3n) is 2.92. The minimum atomic E-state index is -0.180. The Kier molecular flexibility index (Phi) is 3.66. The van der Waals surface area contributed by atoms with Gasteiger partial charge in [-0.2, -0.15) is 15.8 Å². The lowest BCUT2D eigenvalue weighted by molar-refractivity contribution is 0.415. The molecule has 0 N–H and O–H groups in total. The highest BCUT2D eigenvalue weighted by Crippen LogP contribution is 2.25. The van der Waals surface area contributed by atoms with E-state index in [1.807, 2.05) is 30.3 Å². The van der Waals surface area contributed by atoms with Crippen molar-refractivity contribution in [2.75, 3.05) is 7.11 Å². The van der Waals surface area contributed by atoms with Gasteiger partial charge in [-0.25, -0.2) is 0 Å². The maximum absolute atomic E-state index is 9.14. The van der Waals surface area contributed by atoms with Gasteiger partial charge in [-0.05, 0) is 34.5 Å². The zero-order valence-electron chi connectivity index (χ0n) is 10.7. The monoisotopic (exact) mass is 259 g/mol. The summed E-state index contributed by atoms with van der Waals surface area (Å²) in [6.07, 6.45) is 0. The number of hydrogen-bond donors (Lipinski definition) is 0. The van der Waals surface area contributed by atoms with Gasteiger partial charge in [-0.15, -0.1) is 0 Å². The van der Waals surface area contributed by atoms with E-state index in [-0.39, 0.29) is 11.1 Å². The second kappa shape index (κ2) is 5.57. The molecule has 4 heteroatoms. The molecule has 0 amide bonds. The molecule has 0 aliphatic rings. The number of hydrogen-bond acceptors (Lipinski definition) is 4. The van der Waals surface area contributed by atoms with Crippen LogP contribution in [0.1, 0.15) is 5.56 Å². The van der Waals surface area contributed by atoms with Crippen LogP contribution >= 0.6 is 0 Å². The number of rotatable bonds is 2. The number of ether oxygens (including phenoxy) is 1. The van der Waals surface area contributed by atoms with Gasteiger partial charge in [0.1, 0.15) is 29.5 Å². The van der Waals surface area contributed by atoms with Crippen molar-refractivity contribution in [1.29, 1.82) is 15.8 Å². The van der Waals surface area contributed by atoms with E-state index in [1.54, 1.807) is 31.4 Å². The Morgan fingerprint density at radius 1 is 0.900 bits per heavy atom. The molecule has 2 rings (SSSR count). The Bertz CT molecular complexity index is 813. The van der Waals surface area contributed by atoms with Crippen molar-refractivity contribution in [3.8, 4) is 24.0 Å². The van der Waals surface area contributed by atoms with Crippen molar-refractivity contribution >= 4 is 16.3 Å². The predicted molar refractivity (Wildman–Crippen MR) is 74.3 cm³/mol. The van der Waals surface area contributed by atoms with Crippen LogP contribution in [0, 0.1) is 34.0 Å². The van der Waals surface area contributed by atoms with Crippen LogP contribution in [-0.4, -0.2) is 7.11 Å². The van der Waals surface area contributed by atoms with Crippen LogP contribution in [0.5, 0.6) is 5.75 Å². The van der Waals surface area contributed by atoms with Crippen LogP contribution in [0.25, 0.3) is 16.3 Å². The molecule has 0 heterocycles. The molecule has 0 bridgehead atoms. The molecule has 0 saturated carbocycles. The third-order valence-corrected chi connectivity index (χ3v) is 2.92. The number of nitrogens with zero attached hydrogens (tertiary/aromatic N) is 3. The van der Waals surface area contributed by atoms with Crippen molar-refractivity contribution in [1.82, 2.24) is 0 Å². The summed E-state index contributed by atoms with van der Waals surface area (Å²) in [6, 6.07) is 16.3. The van der Waals surface area contributed by atoms with E-state index in [0.29, 0.717) is 5.56 Å². The van der Waals surface area contributed by atoms with E-state index >= 15 is 0 Å². The normalized spacial score (nSPS) is 9.10. The second-order valence-electron chi connectivity index (χ2n) is 4.01. The summed E-state index contributed by atoms with van der Waals surface area (Å²) in [6.45, 7) is 0. The number of nitriles is 3. The van der Waals surface area contributed by atoms with E-state index < -0.39 is 0 Å². The van der Waals surface area contributed by atoms with Gasteiger partial charge in [-0.1, -0.05) is 18.2 Å². The zero-order valence-corrected chi connectivity index (χ0v) is 10.7. The van der Waals surface area contributed by atoms with Gasteiger partial charge in [0.2, 0.25) is 0 Å². The number of fused-ring (bicyclic) bond motifs is 1. The largest absolute Gasteiger partial charge is 0.497 e. The number of methoxy groups -OCH3 is 1. The Hall–Kier alpha value is -3.29. The van der Waals surface area contributed by atoms with Gasteiger partial charge >= 0.3 is 0 Å². The smallest absolute Gasteiger partial charge is 0.148 e. The van der Waals surface area contributed by atoms with Crippen LogP contribution < -0.4 is 4.74 Å². The SMILES string of the molecule is COc1ccc2cc(C(C#N)=C(C#N)C#N)ccc2c1. The molecular weight excluding hydrogens is 250 g/mol. The Balaban J connectivity index is 2.64. The molecule has 0 aliphatic heterocycles. The molecule has 0 aromatic heterocycles. The first-order chi connectivity index (χ1) is 9.73. The van der Waals surface area contributed by atoms with Crippen LogP contribution in [0.15, 0.2) is 42.0 Å². The Labute approximate surface area is 116 Å². The van der Waals surface area contributed by atoms with E-state index in [2.05, 4.69) is 0 Å². The lowest BCUT2D eigenvalue weighted by atomic mass is 9.99. The van der Waals surface area contributed by atoms with Crippen molar-refractivity contribution in [2.24, 2.45) is 0 Å². The molecule has 0 spiro atoms. The van der Waals surface area contributed by atoms with Gasteiger partial charge in [0.25, 0.3) is 0 Å². The summed E-state index contributed by atoms with van der Waals surface area (Å²) < 4.78 is 5.15. The fourth-order valence-electron chi connectivity index (χ4n) is 1.91. The second-order valence-corrected chi connectivity index (χ2v) is 4.01. The van der Waals surface area contributed by atoms with Gasteiger partial charge in [0.05, 0.1) is 12.7 Å². The molecule has 2 aromatic carbocycles. The van der Waals surface area contributed by atoms with E-state index in [9.17, 15) is 0 Å². The Morgan fingerprint density at radius 3 is 2.15 bits per heavy atom. The summed E-state index contributed by atoms with van der Waals surface area (Å²) >= 11 is 0. The highest BCUT2D eigenvalue weighted by molar-refractivity contribution is 5.91. The molecule has 20 heavy (non-hydrogen) atoms. The molecule has 0 aliphatic carbocycles. The average Bonchev–Trinajstić information content (AvgIpc) is 2.51. The van der Waals surface area contributed by atoms with Crippen molar-refractivity contribution in [2.45, 2.75) is 0 Å². The van der Waals surface area contributed by atoms with Crippen LogP contribution in [0.4, 0.5) is 0 Å². The fraction of sp³-hybridized carbons (Fsp3) is 0.0625. The molecule has 4 nitrogen and oxygen atoms in total. The minimum absolute atomic E-state index is 0.0905. The molecule has 2 aromatic rings. The molecule has 0 atom stereocenters. The summed E-state index contributed by atoms with van der Waals surface area (Å²) in [5.41, 5.74) is 0.469. The standard InChI is InChI=1S/C16H9N3O/c1-20-15-5-4-11-6-13(3-2-12(11)7-15)16(10-19)14(8-17)9-18/h2-7H,1H3. The first kappa shape index (κ1) is 13.1. The number of allylic oxidation sites excluding steroid dienone is 2. The first-order valence-electron chi connectivity index (χ1n) is 5.76. The summed E-state index contributed by atoms with van der Waals surface area (Å²) in [7, 11) is 1.60. The quantitative estimate of drug-likeness (QED) is 0.775. The number of benzene rings is 2. The van der Waals surface area contributed by atoms with Crippen LogP contribution in [0.2, 0.25) is 0 Å². The predicted octanol–water partition coefficient (Wildman–Crippen LogP) is 3.17. The maximum Gasteiger partial charge on any atom is 0.148 e. The van der Waals surface area contributed by atoms with E-state index in [4.69, 9.17) is 20.5 Å². The zero-order chi connectivity index (χ0) is 14.5. The lowest BCUT2D eigenvalue weighted by Gasteiger charge is -2.05. The molecule has 0 saturated heterocycles. The van der Waals surface area contributed by atoms with Crippen molar-refractivity contribution in [3.05, 3.63) is 47.5 Å². The van der Waals surface area contributed by atoms with Crippen molar-refractivity contribution < 1.29 is 4.74 Å². The highest BCUT2D eigenvalue weighted by Gasteiger charge is 2.09. The lowest BCUT2D eigenvalue weighted by Crippen LogP contribution is -1.88. The molecule has 0 radical (unpaired) electrons. The molecular formula is C16H9N3O. The van der Waals surface area contributed by atoms with Gasteiger partial charge in [-0.3, -0.25) is 0 Å². The average molecular weight is 259 g/mol. The van der Waals surface area contributed by atoms with Crippen LogP contribution in [-0.2, 0) is 0 Å². The fourth-order valence-corrected chi connectivity index (χ4v) is 1.91. The molecule has 0 unspecified atom stereocenters. The van der Waals surface area contributed by atoms with Crippen LogP contribution in [0.3, 0.4) is 0 Å². The Morgan fingerprint density at radius 2 is 1.55 bits per heavy atom. The van der Waals surface area contributed by atoms with E-state index in [0.717, 1.165) is 16.5 Å². The van der Waals surface area contributed by atoms with Gasteiger partial charge in [0.15, 0.2) is 0 Å². The topological polar surface area (TPSA) is 80.6 Å². The van der Waals surface area contributed by atoms with Crippen molar-refractivity contribution in [3.63, 3.8) is 0 Å². The van der Waals surface area contributed by atoms with Gasteiger partial charge in [0, 0.05) is 0 Å². The molecule has 0 fully saturated rings. The maximum atomic E-state index is 9.14.